The van der Waals surface area contributed by atoms with Gasteiger partial charge in [-0.2, -0.15) is 0 Å². The standard InChI is InChI=1S/C23H26N4O/c1-17-7-8-21-24-19(16-27(21)14-17)15-26-11-9-23(10-12-26)13-20(22(28)25-23)18-5-3-2-4-6-18/h2-8,14,16,20H,9-13,15H2,1H3,(H,25,28)/t20-/m1/s1. The number of carbonyl (C=O) groups excluding carboxylic acids is 1. The highest BCUT2D eigenvalue weighted by Gasteiger charge is 2.46. The second kappa shape index (κ2) is 6.74. The Kier molecular flexibility index (Phi) is 4.20. The molecule has 4 heterocycles. The Labute approximate surface area is 165 Å². The minimum Gasteiger partial charge on any atom is -0.350 e. The van der Waals surface area contributed by atoms with Crippen LogP contribution in [-0.4, -0.2) is 38.8 Å². The van der Waals surface area contributed by atoms with Crippen molar-refractivity contribution in [2.45, 2.75) is 44.2 Å². The number of hydrogen-bond acceptors (Lipinski definition) is 3. The molecule has 1 amide bonds. The summed E-state index contributed by atoms with van der Waals surface area (Å²) in [5, 5.41) is 3.34. The molecule has 1 N–H and O–H groups in total. The van der Waals surface area contributed by atoms with Crippen molar-refractivity contribution in [3.63, 3.8) is 0 Å². The van der Waals surface area contributed by atoms with E-state index in [-0.39, 0.29) is 17.4 Å². The van der Waals surface area contributed by atoms with E-state index in [1.165, 1.54) is 5.56 Å². The van der Waals surface area contributed by atoms with Crippen molar-refractivity contribution in [2.24, 2.45) is 0 Å². The van der Waals surface area contributed by atoms with Gasteiger partial charge < -0.3 is 9.72 Å². The number of piperidine rings is 1. The third kappa shape index (κ3) is 3.20. The van der Waals surface area contributed by atoms with Gasteiger partial charge in [0.2, 0.25) is 5.91 Å². The predicted octanol–water partition coefficient (Wildman–Crippen LogP) is 3.28. The summed E-state index contributed by atoms with van der Waals surface area (Å²) in [5.74, 6) is 0.185. The maximum absolute atomic E-state index is 12.6. The highest BCUT2D eigenvalue weighted by Crippen LogP contribution is 2.39. The first-order chi connectivity index (χ1) is 13.6. The molecular formula is C23H26N4O. The zero-order valence-electron chi connectivity index (χ0n) is 16.3. The summed E-state index contributed by atoms with van der Waals surface area (Å²) in [6, 6.07) is 14.4. The molecule has 0 aliphatic carbocycles. The van der Waals surface area contributed by atoms with Crippen molar-refractivity contribution in [1.82, 2.24) is 19.6 Å². The van der Waals surface area contributed by atoms with E-state index in [1.807, 2.05) is 18.2 Å². The normalized spacial score (nSPS) is 22.0. The number of aryl methyl sites for hydroxylation is 1. The van der Waals surface area contributed by atoms with E-state index in [4.69, 9.17) is 4.98 Å². The zero-order valence-corrected chi connectivity index (χ0v) is 16.3. The van der Waals surface area contributed by atoms with E-state index in [0.29, 0.717) is 0 Å². The molecule has 144 valence electrons. The van der Waals surface area contributed by atoms with Gasteiger partial charge in [0.1, 0.15) is 5.65 Å². The lowest BCUT2D eigenvalue weighted by Gasteiger charge is -2.39. The maximum atomic E-state index is 12.6. The van der Waals surface area contributed by atoms with Crippen molar-refractivity contribution in [3.05, 3.63) is 71.7 Å². The average molecular weight is 374 g/mol. The van der Waals surface area contributed by atoms with E-state index in [9.17, 15) is 4.79 Å². The van der Waals surface area contributed by atoms with Crippen LogP contribution >= 0.6 is 0 Å². The molecule has 5 nitrogen and oxygen atoms in total. The lowest BCUT2D eigenvalue weighted by atomic mass is 9.82. The van der Waals surface area contributed by atoms with Gasteiger partial charge in [-0.3, -0.25) is 9.69 Å². The Morgan fingerprint density at radius 1 is 1.11 bits per heavy atom. The Morgan fingerprint density at radius 3 is 2.68 bits per heavy atom. The molecule has 3 aromatic rings. The van der Waals surface area contributed by atoms with E-state index in [1.54, 1.807) is 0 Å². The van der Waals surface area contributed by atoms with Crippen molar-refractivity contribution in [2.75, 3.05) is 13.1 Å². The van der Waals surface area contributed by atoms with Crippen LogP contribution in [0.1, 0.15) is 42.0 Å². The Balaban J connectivity index is 1.24. The van der Waals surface area contributed by atoms with Gasteiger partial charge in [0.15, 0.2) is 0 Å². The molecule has 2 aromatic heterocycles. The topological polar surface area (TPSA) is 49.6 Å². The highest BCUT2D eigenvalue weighted by molar-refractivity contribution is 5.87. The Hall–Kier alpha value is -2.66. The number of hydrogen-bond donors (Lipinski definition) is 1. The molecule has 5 heteroatoms. The van der Waals surface area contributed by atoms with Crippen LogP contribution in [0.3, 0.4) is 0 Å². The summed E-state index contributed by atoms with van der Waals surface area (Å²) in [5.41, 5.74) is 4.45. The van der Waals surface area contributed by atoms with Gasteiger partial charge in [0.25, 0.3) is 0 Å². The smallest absolute Gasteiger partial charge is 0.228 e. The first-order valence-corrected chi connectivity index (χ1v) is 10.1. The van der Waals surface area contributed by atoms with Crippen LogP contribution in [0.25, 0.3) is 5.65 Å². The lowest BCUT2D eigenvalue weighted by molar-refractivity contribution is -0.121. The molecule has 1 atom stereocenters. The molecule has 0 saturated carbocycles. The summed E-state index contributed by atoms with van der Waals surface area (Å²) in [6.45, 7) is 4.96. The molecule has 2 fully saturated rings. The van der Waals surface area contributed by atoms with Crippen molar-refractivity contribution in [3.8, 4) is 0 Å². The Morgan fingerprint density at radius 2 is 1.89 bits per heavy atom. The van der Waals surface area contributed by atoms with Crippen LogP contribution in [0.4, 0.5) is 0 Å². The van der Waals surface area contributed by atoms with Gasteiger partial charge in [0, 0.05) is 37.6 Å². The number of fused-ring (bicyclic) bond motifs is 1. The van der Waals surface area contributed by atoms with Gasteiger partial charge in [0.05, 0.1) is 11.6 Å². The molecule has 0 radical (unpaired) electrons. The number of aromatic nitrogens is 2. The minimum absolute atomic E-state index is 0.00516. The number of amides is 1. The fourth-order valence-corrected chi connectivity index (χ4v) is 4.77. The molecule has 2 aliphatic rings. The van der Waals surface area contributed by atoms with Gasteiger partial charge in [-0.25, -0.2) is 4.98 Å². The first kappa shape index (κ1) is 17.4. The molecule has 2 aliphatic heterocycles. The molecule has 28 heavy (non-hydrogen) atoms. The van der Waals surface area contributed by atoms with E-state index >= 15 is 0 Å². The molecule has 5 rings (SSSR count). The number of rotatable bonds is 3. The number of pyridine rings is 1. The van der Waals surface area contributed by atoms with Crippen LogP contribution in [0.15, 0.2) is 54.9 Å². The monoisotopic (exact) mass is 374 g/mol. The van der Waals surface area contributed by atoms with Crippen molar-refractivity contribution >= 4 is 11.6 Å². The summed E-state index contributed by atoms with van der Waals surface area (Å²) >= 11 is 0. The zero-order chi connectivity index (χ0) is 19.1. The summed E-state index contributed by atoms with van der Waals surface area (Å²) in [7, 11) is 0. The lowest BCUT2D eigenvalue weighted by Crippen LogP contribution is -2.50. The maximum Gasteiger partial charge on any atom is 0.228 e. The van der Waals surface area contributed by atoms with Gasteiger partial charge in [-0.1, -0.05) is 36.4 Å². The number of likely N-dealkylation sites (tertiary alicyclic amines) is 1. The fraction of sp³-hybridized carbons (Fsp3) is 0.391. The van der Waals surface area contributed by atoms with Crippen LogP contribution in [0.5, 0.6) is 0 Å². The first-order valence-electron chi connectivity index (χ1n) is 10.1. The second-order valence-corrected chi connectivity index (χ2v) is 8.42. The van der Waals surface area contributed by atoms with Crippen LogP contribution in [0, 0.1) is 6.92 Å². The van der Waals surface area contributed by atoms with Crippen LogP contribution < -0.4 is 5.32 Å². The molecular weight excluding hydrogens is 348 g/mol. The molecule has 0 bridgehead atoms. The third-order valence-corrected chi connectivity index (χ3v) is 6.35. The second-order valence-electron chi connectivity index (χ2n) is 8.42. The minimum atomic E-state index is -0.0376. The summed E-state index contributed by atoms with van der Waals surface area (Å²) in [6.07, 6.45) is 7.19. The molecule has 0 unspecified atom stereocenters. The van der Waals surface area contributed by atoms with E-state index in [2.05, 4.69) is 58.2 Å². The number of carbonyl (C=O) groups is 1. The summed E-state index contributed by atoms with van der Waals surface area (Å²) in [4.78, 5) is 19.8. The SMILES string of the molecule is Cc1ccc2nc(CN3CCC4(CC3)C[C@H](c3ccccc3)C(=O)N4)cn2c1. The van der Waals surface area contributed by atoms with E-state index in [0.717, 1.165) is 55.8 Å². The largest absolute Gasteiger partial charge is 0.350 e. The van der Waals surface area contributed by atoms with Gasteiger partial charge in [-0.15, -0.1) is 0 Å². The van der Waals surface area contributed by atoms with Crippen molar-refractivity contribution < 1.29 is 4.79 Å². The number of nitrogens with zero attached hydrogens (tertiary/aromatic N) is 3. The highest BCUT2D eigenvalue weighted by atomic mass is 16.2. The number of benzene rings is 1. The molecule has 1 aromatic carbocycles. The number of imidazole rings is 1. The Bertz CT molecular complexity index is 1000. The van der Waals surface area contributed by atoms with Gasteiger partial charge in [-0.05, 0) is 43.4 Å². The van der Waals surface area contributed by atoms with E-state index < -0.39 is 0 Å². The number of nitrogens with one attached hydrogen (secondary N) is 1. The molecule has 2 saturated heterocycles. The fourth-order valence-electron chi connectivity index (χ4n) is 4.77. The molecule has 1 spiro atoms. The van der Waals surface area contributed by atoms with Crippen LogP contribution in [0.2, 0.25) is 0 Å². The predicted molar refractivity (Wildman–Crippen MR) is 109 cm³/mol. The third-order valence-electron chi connectivity index (χ3n) is 6.35. The quantitative estimate of drug-likeness (QED) is 0.765. The summed E-state index contributed by atoms with van der Waals surface area (Å²) < 4.78 is 2.11. The van der Waals surface area contributed by atoms with Crippen LogP contribution in [-0.2, 0) is 11.3 Å². The van der Waals surface area contributed by atoms with Gasteiger partial charge >= 0.3 is 0 Å². The van der Waals surface area contributed by atoms with Crippen molar-refractivity contribution in [1.29, 1.82) is 0 Å². The average Bonchev–Trinajstić information content (AvgIpc) is 3.24.